The molecule has 0 bridgehead atoms. The lowest BCUT2D eigenvalue weighted by Gasteiger charge is -1.99. The quantitative estimate of drug-likeness (QED) is 0.641. The maximum Gasteiger partial charge on any atom is 0.255 e. The Balaban J connectivity index is 3.51. The van der Waals surface area contributed by atoms with Crippen LogP contribution in [0.3, 0.4) is 0 Å². The fourth-order valence-electron chi connectivity index (χ4n) is 1.01. The fraction of sp³-hybridized carbons (Fsp3) is 0.333. The molecule has 1 aromatic heterocycles. The summed E-state index contributed by atoms with van der Waals surface area (Å²) in [5.41, 5.74) is 0.0185. The second kappa shape index (κ2) is 2.93. The molecule has 0 fully saturated rings. The van der Waals surface area contributed by atoms with E-state index in [4.69, 9.17) is 5.14 Å². The maximum absolute atomic E-state index is 11.0. The summed E-state index contributed by atoms with van der Waals surface area (Å²) in [6.45, 7) is 1.26. The van der Waals surface area contributed by atoms with Gasteiger partial charge in [0.05, 0.1) is 11.8 Å². The lowest BCUT2D eigenvalue weighted by molar-refractivity contribution is 0.101. The summed E-state index contributed by atoms with van der Waals surface area (Å²) in [5.74, 6) is -0.378. The standard InChI is InChI=1S/C6H9N3O3S/c1-4(10)5-3-8-9(2)6(5)13(7,11)12/h3H,1-2H3,(H2,7,11,12). The highest BCUT2D eigenvalue weighted by Gasteiger charge is 2.21. The number of hydrogen-bond donors (Lipinski definition) is 1. The summed E-state index contributed by atoms with van der Waals surface area (Å²) < 4.78 is 23.1. The van der Waals surface area contributed by atoms with Crippen LogP contribution in [0.4, 0.5) is 0 Å². The first kappa shape index (κ1) is 9.87. The van der Waals surface area contributed by atoms with Crippen molar-refractivity contribution in [1.29, 1.82) is 0 Å². The van der Waals surface area contributed by atoms with Gasteiger partial charge < -0.3 is 0 Å². The third-order valence-corrected chi connectivity index (χ3v) is 2.56. The molecule has 2 N–H and O–H groups in total. The summed E-state index contributed by atoms with van der Waals surface area (Å²) in [6.07, 6.45) is 1.18. The second-order valence-corrected chi connectivity index (χ2v) is 4.06. The molecule has 0 saturated heterocycles. The van der Waals surface area contributed by atoms with E-state index in [9.17, 15) is 13.2 Å². The molecule has 1 heterocycles. The Morgan fingerprint density at radius 2 is 2.15 bits per heavy atom. The van der Waals surface area contributed by atoms with E-state index in [0.717, 1.165) is 4.68 Å². The number of nitrogens with two attached hydrogens (primary N) is 1. The number of ketones is 1. The highest BCUT2D eigenvalue weighted by atomic mass is 32.2. The van der Waals surface area contributed by atoms with Crippen LogP contribution in [0.2, 0.25) is 0 Å². The van der Waals surface area contributed by atoms with E-state index in [1.807, 2.05) is 0 Å². The Hall–Kier alpha value is -1.21. The summed E-state index contributed by atoms with van der Waals surface area (Å²) >= 11 is 0. The van der Waals surface area contributed by atoms with Gasteiger partial charge >= 0.3 is 0 Å². The predicted molar refractivity (Wildman–Crippen MR) is 44.6 cm³/mol. The summed E-state index contributed by atoms with van der Waals surface area (Å²) in [7, 11) is -2.48. The number of aromatic nitrogens is 2. The van der Waals surface area contributed by atoms with E-state index >= 15 is 0 Å². The average Bonchev–Trinajstić information content (AvgIpc) is 2.28. The van der Waals surface area contributed by atoms with Gasteiger partial charge in [0.15, 0.2) is 10.8 Å². The molecule has 72 valence electrons. The van der Waals surface area contributed by atoms with Gasteiger partial charge in [-0.15, -0.1) is 0 Å². The molecule has 1 rings (SSSR count). The second-order valence-electron chi connectivity index (χ2n) is 2.59. The molecular formula is C6H9N3O3S. The van der Waals surface area contributed by atoms with Crippen molar-refractivity contribution in [3.8, 4) is 0 Å². The Labute approximate surface area is 75.4 Å². The first-order valence-corrected chi connectivity index (χ1v) is 4.94. The Bertz CT molecular complexity index is 446. The number of primary sulfonamides is 1. The van der Waals surface area contributed by atoms with Crippen LogP contribution in [-0.4, -0.2) is 24.0 Å². The first-order chi connectivity index (χ1) is 5.84. The van der Waals surface area contributed by atoms with E-state index in [1.54, 1.807) is 0 Å². The van der Waals surface area contributed by atoms with Crippen LogP contribution >= 0.6 is 0 Å². The van der Waals surface area contributed by atoms with Crippen LogP contribution in [0.15, 0.2) is 11.2 Å². The third kappa shape index (κ3) is 1.76. The number of nitrogens with zero attached hydrogens (tertiary/aromatic N) is 2. The van der Waals surface area contributed by atoms with E-state index in [-0.39, 0.29) is 16.4 Å². The van der Waals surface area contributed by atoms with Crippen molar-refractivity contribution in [3.63, 3.8) is 0 Å². The summed E-state index contributed by atoms with van der Waals surface area (Å²) in [6, 6.07) is 0. The van der Waals surface area contributed by atoms with Gasteiger partial charge in [-0.2, -0.15) is 5.10 Å². The number of sulfonamides is 1. The number of Topliss-reactive ketones (excluding diaryl/α,β-unsaturated/α-hetero) is 1. The van der Waals surface area contributed by atoms with Crippen molar-refractivity contribution >= 4 is 15.8 Å². The minimum atomic E-state index is -3.89. The smallest absolute Gasteiger partial charge is 0.255 e. The van der Waals surface area contributed by atoms with Crippen LogP contribution in [-0.2, 0) is 17.1 Å². The van der Waals surface area contributed by atoms with Gasteiger partial charge in [-0.25, -0.2) is 13.6 Å². The molecule has 13 heavy (non-hydrogen) atoms. The van der Waals surface area contributed by atoms with Crippen molar-refractivity contribution in [2.24, 2.45) is 12.2 Å². The number of rotatable bonds is 2. The van der Waals surface area contributed by atoms with Crippen molar-refractivity contribution in [2.45, 2.75) is 11.9 Å². The lowest BCUT2D eigenvalue weighted by Crippen LogP contribution is -2.19. The Morgan fingerprint density at radius 1 is 1.62 bits per heavy atom. The van der Waals surface area contributed by atoms with Crippen molar-refractivity contribution < 1.29 is 13.2 Å². The average molecular weight is 203 g/mol. The highest BCUT2D eigenvalue weighted by molar-refractivity contribution is 7.89. The van der Waals surface area contributed by atoms with Gasteiger partial charge in [-0.1, -0.05) is 0 Å². The van der Waals surface area contributed by atoms with Crippen LogP contribution in [0.5, 0.6) is 0 Å². The molecule has 0 aliphatic carbocycles. The van der Waals surface area contributed by atoms with Crippen LogP contribution < -0.4 is 5.14 Å². The summed E-state index contributed by atoms with van der Waals surface area (Å²) in [4.78, 5) is 11.0. The molecule has 0 aliphatic heterocycles. The monoisotopic (exact) mass is 203 g/mol. The fourth-order valence-corrected chi connectivity index (χ4v) is 1.92. The van der Waals surface area contributed by atoms with Crippen molar-refractivity contribution in [3.05, 3.63) is 11.8 Å². The zero-order chi connectivity index (χ0) is 10.2. The number of carbonyl (C=O) groups is 1. The molecule has 0 amide bonds. The van der Waals surface area contributed by atoms with Gasteiger partial charge in [-0.05, 0) is 6.92 Å². The SMILES string of the molecule is CC(=O)c1cnn(C)c1S(N)(=O)=O. The number of hydrogen-bond acceptors (Lipinski definition) is 4. The lowest BCUT2D eigenvalue weighted by atomic mass is 10.3. The molecule has 0 radical (unpaired) electrons. The Morgan fingerprint density at radius 3 is 2.46 bits per heavy atom. The largest absolute Gasteiger partial charge is 0.294 e. The van der Waals surface area contributed by atoms with Gasteiger partial charge in [0.25, 0.3) is 10.0 Å². The van der Waals surface area contributed by atoms with Crippen molar-refractivity contribution in [2.75, 3.05) is 0 Å². The normalized spacial score (nSPS) is 11.6. The first-order valence-electron chi connectivity index (χ1n) is 3.39. The van der Waals surface area contributed by atoms with Crippen molar-refractivity contribution in [1.82, 2.24) is 9.78 Å². The minimum absolute atomic E-state index is 0.0185. The Kier molecular flexibility index (Phi) is 2.22. The minimum Gasteiger partial charge on any atom is -0.294 e. The molecule has 0 unspecified atom stereocenters. The maximum atomic E-state index is 11.0. The van der Waals surface area contributed by atoms with E-state index in [0.29, 0.717) is 0 Å². The number of carbonyl (C=O) groups excluding carboxylic acids is 1. The molecule has 6 nitrogen and oxygen atoms in total. The number of aryl methyl sites for hydroxylation is 1. The van der Waals surface area contributed by atoms with E-state index in [1.165, 1.54) is 20.2 Å². The van der Waals surface area contributed by atoms with Gasteiger partial charge in [-0.3, -0.25) is 9.48 Å². The molecule has 0 aliphatic rings. The predicted octanol–water partition coefficient (Wildman–Crippen LogP) is -0.730. The van der Waals surface area contributed by atoms with Crippen LogP contribution in [0, 0.1) is 0 Å². The van der Waals surface area contributed by atoms with Gasteiger partial charge in [0.2, 0.25) is 0 Å². The zero-order valence-corrected chi connectivity index (χ0v) is 8.00. The van der Waals surface area contributed by atoms with E-state index < -0.39 is 10.0 Å². The topological polar surface area (TPSA) is 95.0 Å². The molecular weight excluding hydrogens is 194 g/mol. The molecule has 0 atom stereocenters. The van der Waals surface area contributed by atoms with E-state index in [2.05, 4.69) is 5.10 Å². The van der Waals surface area contributed by atoms with Gasteiger partial charge in [0.1, 0.15) is 0 Å². The molecule has 0 aromatic carbocycles. The molecule has 1 aromatic rings. The van der Waals surface area contributed by atoms with Crippen LogP contribution in [0.1, 0.15) is 17.3 Å². The molecule has 7 heteroatoms. The van der Waals surface area contributed by atoms with Gasteiger partial charge in [0, 0.05) is 7.05 Å². The summed E-state index contributed by atoms with van der Waals surface area (Å²) in [5, 5.41) is 8.29. The van der Waals surface area contributed by atoms with Crippen LogP contribution in [0.25, 0.3) is 0 Å². The highest BCUT2D eigenvalue weighted by Crippen LogP contribution is 2.12. The zero-order valence-electron chi connectivity index (χ0n) is 7.18. The molecule has 0 saturated carbocycles. The third-order valence-electron chi connectivity index (χ3n) is 1.53. The molecule has 0 spiro atoms.